The van der Waals surface area contributed by atoms with Gasteiger partial charge < -0.3 is 10.1 Å². The van der Waals surface area contributed by atoms with Crippen molar-refractivity contribution in [2.45, 2.75) is 26.6 Å². The van der Waals surface area contributed by atoms with Crippen molar-refractivity contribution in [3.05, 3.63) is 71.2 Å². The molecule has 0 radical (unpaired) electrons. The molecule has 2 aromatic heterocycles. The highest BCUT2D eigenvalue weighted by atomic mass is 19.4. The molecule has 0 saturated heterocycles. The van der Waals surface area contributed by atoms with Crippen LogP contribution >= 0.6 is 0 Å². The smallest absolute Gasteiger partial charge is 0.406 e. The maximum atomic E-state index is 12.3. The molecule has 1 N–H and O–H groups in total. The van der Waals surface area contributed by atoms with Crippen LogP contribution in [-0.2, 0) is 6.42 Å². The summed E-state index contributed by atoms with van der Waals surface area (Å²) >= 11 is 0. The third-order valence-electron chi connectivity index (χ3n) is 4.30. The fraction of sp³-hybridized carbons (Fsp3) is 0.250. The zero-order valence-electron chi connectivity index (χ0n) is 15.8. The third-order valence-corrected chi connectivity index (χ3v) is 4.30. The van der Waals surface area contributed by atoms with Gasteiger partial charge in [0.2, 0.25) is 0 Å². The van der Waals surface area contributed by atoms with Gasteiger partial charge in [-0.2, -0.15) is 5.10 Å². The molecular weight excluding hydrogens is 385 g/mol. The average molecular weight is 404 g/mol. The molecule has 0 aliphatic heterocycles. The van der Waals surface area contributed by atoms with Gasteiger partial charge in [0, 0.05) is 24.0 Å². The minimum Gasteiger partial charge on any atom is -0.406 e. The van der Waals surface area contributed by atoms with Gasteiger partial charge in [0.05, 0.1) is 5.69 Å². The van der Waals surface area contributed by atoms with E-state index in [2.05, 4.69) is 20.1 Å². The Morgan fingerprint density at radius 2 is 1.97 bits per heavy atom. The van der Waals surface area contributed by atoms with E-state index in [0.29, 0.717) is 18.8 Å². The second kappa shape index (κ2) is 8.34. The number of ether oxygens (including phenoxy) is 1. The monoisotopic (exact) mass is 404 g/mol. The lowest BCUT2D eigenvalue weighted by Gasteiger charge is -2.10. The molecular formula is C20H19F3N4O2. The largest absolute Gasteiger partial charge is 0.573 e. The molecule has 152 valence electrons. The van der Waals surface area contributed by atoms with Crippen LogP contribution in [0.25, 0.3) is 5.82 Å². The lowest BCUT2D eigenvalue weighted by atomic mass is 10.1. The number of aryl methyl sites for hydroxylation is 1. The molecule has 0 unspecified atom stereocenters. The molecule has 0 fully saturated rings. The number of halogens is 3. The van der Waals surface area contributed by atoms with Crippen LogP contribution in [-0.4, -0.2) is 33.6 Å². The van der Waals surface area contributed by atoms with Gasteiger partial charge in [-0.05, 0) is 56.2 Å². The molecule has 1 aromatic carbocycles. The quantitative estimate of drug-likeness (QED) is 0.679. The van der Waals surface area contributed by atoms with E-state index in [4.69, 9.17) is 0 Å². The Labute approximate surface area is 165 Å². The van der Waals surface area contributed by atoms with Crippen molar-refractivity contribution in [3.63, 3.8) is 0 Å². The normalized spacial score (nSPS) is 11.3. The highest BCUT2D eigenvalue weighted by Crippen LogP contribution is 2.23. The number of amides is 1. The SMILES string of the molecule is Cc1nn(-c2ccccn2)c(C)c1CCNC(=O)c1cccc(OC(F)(F)F)c1. The van der Waals surface area contributed by atoms with E-state index >= 15 is 0 Å². The number of pyridine rings is 1. The third kappa shape index (κ3) is 5.13. The van der Waals surface area contributed by atoms with Crippen molar-refractivity contribution in [1.82, 2.24) is 20.1 Å². The van der Waals surface area contributed by atoms with Gasteiger partial charge >= 0.3 is 6.36 Å². The van der Waals surface area contributed by atoms with Crippen molar-refractivity contribution < 1.29 is 22.7 Å². The van der Waals surface area contributed by atoms with Crippen LogP contribution in [0.5, 0.6) is 5.75 Å². The van der Waals surface area contributed by atoms with Gasteiger partial charge in [-0.25, -0.2) is 9.67 Å². The van der Waals surface area contributed by atoms with E-state index in [-0.39, 0.29) is 5.56 Å². The standard InChI is InChI=1S/C20H19F3N4O2/c1-13-17(14(2)27(26-13)18-8-3-4-10-24-18)9-11-25-19(28)15-6-5-7-16(12-15)29-20(21,22)23/h3-8,10,12H,9,11H2,1-2H3,(H,25,28). The van der Waals surface area contributed by atoms with E-state index in [9.17, 15) is 18.0 Å². The number of benzene rings is 1. The average Bonchev–Trinajstić information content (AvgIpc) is 2.95. The first kappa shape index (κ1) is 20.4. The number of rotatable bonds is 6. The second-order valence-corrected chi connectivity index (χ2v) is 6.33. The van der Waals surface area contributed by atoms with E-state index in [0.717, 1.165) is 29.1 Å². The number of aromatic nitrogens is 3. The topological polar surface area (TPSA) is 69.0 Å². The highest BCUT2D eigenvalue weighted by molar-refractivity contribution is 5.94. The first-order valence-corrected chi connectivity index (χ1v) is 8.85. The van der Waals surface area contributed by atoms with E-state index < -0.39 is 18.0 Å². The van der Waals surface area contributed by atoms with Crippen molar-refractivity contribution >= 4 is 5.91 Å². The summed E-state index contributed by atoms with van der Waals surface area (Å²) < 4.78 is 42.6. The van der Waals surface area contributed by atoms with Gasteiger partial charge in [0.15, 0.2) is 5.82 Å². The minimum absolute atomic E-state index is 0.0874. The molecule has 0 aliphatic rings. The van der Waals surface area contributed by atoms with Gasteiger partial charge in [-0.15, -0.1) is 13.2 Å². The number of carbonyl (C=O) groups is 1. The number of carbonyl (C=O) groups excluding carboxylic acids is 1. The Morgan fingerprint density at radius 3 is 2.66 bits per heavy atom. The molecule has 3 rings (SSSR count). The molecule has 0 saturated carbocycles. The maximum absolute atomic E-state index is 12.3. The Hall–Kier alpha value is -3.36. The molecule has 29 heavy (non-hydrogen) atoms. The zero-order chi connectivity index (χ0) is 21.0. The van der Waals surface area contributed by atoms with Crippen LogP contribution in [0.4, 0.5) is 13.2 Å². The second-order valence-electron chi connectivity index (χ2n) is 6.33. The first-order valence-electron chi connectivity index (χ1n) is 8.85. The molecule has 0 aliphatic carbocycles. The van der Waals surface area contributed by atoms with Gasteiger partial charge in [0.25, 0.3) is 5.91 Å². The number of alkyl halides is 3. The molecule has 0 atom stereocenters. The highest BCUT2D eigenvalue weighted by Gasteiger charge is 2.31. The van der Waals surface area contributed by atoms with E-state index in [1.807, 2.05) is 32.0 Å². The van der Waals surface area contributed by atoms with Crippen LogP contribution in [0.2, 0.25) is 0 Å². The van der Waals surface area contributed by atoms with Crippen LogP contribution in [0.3, 0.4) is 0 Å². The lowest BCUT2D eigenvalue weighted by Crippen LogP contribution is -2.26. The molecule has 0 spiro atoms. The molecule has 2 heterocycles. The van der Waals surface area contributed by atoms with Crippen molar-refractivity contribution in [3.8, 4) is 11.6 Å². The summed E-state index contributed by atoms with van der Waals surface area (Å²) in [5.41, 5.74) is 2.80. The Bertz CT molecular complexity index is 1000. The van der Waals surface area contributed by atoms with E-state index in [1.54, 1.807) is 10.9 Å². The molecule has 6 nitrogen and oxygen atoms in total. The van der Waals surface area contributed by atoms with Crippen molar-refractivity contribution in [2.75, 3.05) is 6.54 Å². The summed E-state index contributed by atoms with van der Waals surface area (Å²) in [4.78, 5) is 16.6. The number of nitrogens with one attached hydrogen (secondary N) is 1. The predicted octanol–water partition coefficient (Wildman–Crippen LogP) is 3.76. The molecule has 0 bridgehead atoms. The van der Waals surface area contributed by atoms with Crippen LogP contribution < -0.4 is 10.1 Å². The summed E-state index contributed by atoms with van der Waals surface area (Å²) in [6, 6.07) is 10.5. The summed E-state index contributed by atoms with van der Waals surface area (Å²) in [5, 5.41) is 7.21. The Morgan fingerprint density at radius 1 is 1.17 bits per heavy atom. The first-order chi connectivity index (χ1) is 13.7. The minimum atomic E-state index is -4.81. The van der Waals surface area contributed by atoms with Gasteiger partial charge in [0.1, 0.15) is 5.75 Å². The zero-order valence-corrected chi connectivity index (χ0v) is 15.8. The van der Waals surface area contributed by atoms with Crippen LogP contribution in [0.1, 0.15) is 27.3 Å². The summed E-state index contributed by atoms with van der Waals surface area (Å²) in [5.74, 6) is -0.219. The summed E-state index contributed by atoms with van der Waals surface area (Å²) in [6.45, 7) is 4.10. The van der Waals surface area contributed by atoms with E-state index in [1.165, 1.54) is 12.1 Å². The van der Waals surface area contributed by atoms with Crippen LogP contribution in [0, 0.1) is 13.8 Å². The van der Waals surface area contributed by atoms with Crippen molar-refractivity contribution in [2.24, 2.45) is 0 Å². The molecule has 1 amide bonds. The van der Waals surface area contributed by atoms with Gasteiger partial charge in [-0.3, -0.25) is 4.79 Å². The number of hydrogen-bond acceptors (Lipinski definition) is 4. The molecule has 9 heteroatoms. The fourth-order valence-electron chi connectivity index (χ4n) is 2.98. The van der Waals surface area contributed by atoms with Crippen molar-refractivity contribution in [1.29, 1.82) is 0 Å². The summed E-state index contributed by atoms with van der Waals surface area (Å²) in [6.07, 6.45) is -2.60. The molecule has 3 aromatic rings. The predicted molar refractivity (Wildman–Crippen MR) is 100.0 cm³/mol. The van der Waals surface area contributed by atoms with Crippen LogP contribution in [0.15, 0.2) is 48.7 Å². The fourth-order valence-corrected chi connectivity index (χ4v) is 2.98. The van der Waals surface area contributed by atoms with Gasteiger partial charge in [-0.1, -0.05) is 12.1 Å². The number of nitrogens with zero attached hydrogens (tertiary/aromatic N) is 3. The Balaban J connectivity index is 1.64. The number of hydrogen-bond donors (Lipinski definition) is 1. The Kier molecular flexibility index (Phi) is 5.86. The summed E-state index contributed by atoms with van der Waals surface area (Å²) in [7, 11) is 0. The maximum Gasteiger partial charge on any atom is 0.573 e. The lowest BCUT2D eigenvalue weighted by molar-refractivity contribution is -0.274.